The number of amides is 1. The van der Waals surface area contributed by atoms with E-state index in [-0.39, 0.29) is 31.5 Å². The summed E-state index contributed by atoms with van der Waals surface area (Å²) in [5.74, 6) is -0.229. The lowest BCUT2D eigenvalue weighted by atomic mass is 9.97. The highest BCUT2D eigenvalue weighted by Gasteiger charge is 2.46. The predicted octanol–water partition coefficient (Wildman–Crippen LogP) is 0.846. The van der Waals surface area contributed by atoms with Gasteiger partial charge in [0.1, 0.15) is 6.04 Å². The van der Waals surface area contributed by atoms with E-state index in [4.69, 9.17) is 0 Å². The molecule has 1 aromatic rings. The van der Waals surface area contributed by atoms with Crippen molar-refractivity contribution < 1.29 is 18.0 Å². The molecule has 21 heavy (non-hydrogen) atoms. The lowest BCUT2D eigenvalue weighted by molar-refractivity contribution is -0.194. The number of halogens is 3. The van der Waals surface area contributed by atoms with E-state index in [2.05, 4.69) is 15.6 Å². The number of nitrogens with zero attached hydrogens (tertiary/aromatic N) is 4. The van der Waals surface area contributed by atoms with E-state index in [0.717, 1.165) is 0 Å². The highest BCUT2D eigenvalue weighted by atomic mass is 19.4. The summed E-state index contributed by atoms with van der Waals surface area (Å²) in [4.78, 5) is 12.4. The van der Waals surface area contributed by atoms with Gasteiger partial charge in [-0.05, 0) is 12.8 Å². The van der Waals surface area contributed by atoms with Gasteiger partial charge in [-0.2, -0.15) is 13.2 Å². The minimum absolute atomic E-state index is 0.0280. The van der Waals surface area contributed by atoms with Crippen LogP contribution in [0, 0.1) is 0 Å². The quantitative estimate of drug-likeness (QED) is 0.899. The van der Waals surface area contributed by atoms with Crippen LogP contribution < -0.4 is 5.32 Å². The Morgan fingerprint density at radius 3 is 2.71 bits per heavy atom. The molecule has 1 aliphatic rings. The van der Waals surface area contributed by atoms with Crippen molar-refractivity contribution in [3.05, 3.63) is 11.9 Å². The smallest absolute Gasteiger partial charge is 0.352 e. The first-order valence-corrected chi connectivity index (χ1v) is 6.69. The van der Waals surface area contributed by atoms with E-state index >= 15 is 0 Å². The predicted molar refractivity (Wildman–Crippen MR) is 68.1 cm³/mol. The molecule has 1 aliphatic heterocycles. The van der Waals surface area contributed by atoms with Crippen molar-refractivity contribution >= 4 is 5.91 Å². The number of hydrogen-bond acceptors (Lipinski definition) is 4. The third kappa shape index (κ3) is 3.93. The molecule has 9 heteroatoms. The third-order valence-corrected chi connectivity index (χ3v) is 3.64. The number of rotatable bonds is 3. The van der Waals surface area contributed by atoms with Crippen LogP contribution in [-0.2, 0) is 18.4 Å². The fourth-order valence-corrected chi connectivity index (χ4v) is 2.66. The van der Waals surface area contributed by atoms with Gasteiger partial charge in [0.15, 0.2) is 0 Å². The van der Waals surface area contributed by atoms with E-state index in [1.807, 2.05) is 0 Å². The number of likely N-dealkylation sites (tertiary alicyclic amines) is 1. The number of aromatic nitrogens is 3. The second kappa shape index (κ2) is 6.00. The van der Waals surface area contributed by atoms with Crippen LogP contribution in [0.4, 0.5) is 13.2 Å². The van der Waals surface area contributed by atoms with Crippen LogP contribution in [-0.4, -0.2) is 50.6 Å². The lowest BCUT2D eigenvalue weighted by Crippen LogP contribution is -2.55. The maximum atomic E-state index is 13.1. The summed E-state index contributed by atoms with van der Waals surface area (Å²) in [6.07, 6.45) is -2.54. The van der Waals surface area contributed by atoms with Crippen LogP contribution in [0.5, 0.6) is 0 Å². The Hall–Kier alpha value is -1.64. The van der Waals surface area contributed by atoms with Gasteiger partial charge in [-0.25, -0.2) is 0 Å². The third-order valence-electron chi connectivity index (χ3n) is 3.64. The Balaban J connectivity index is 2.13. The molecule has 2 atom stereocenters. The second-order valence-electron chi connectivity index (χ2n) is 5.31. The number of carbonyl (C=O) groups excluding carboxylic acids is 1. The normalized spacial score (nSPS) is 24.0. The van der Waals surface area contributed by atoms with Crippen LogP contribution in [0.3, 0.4) is 0 Å². The molecule has 1 aromatic heterocycles. The summed E-state index contributed by atoms with van der Waals surface area (Å²) in [5.41, 5.74) is 0.604. The van der Waals surface area contributed by atoms with Gasteiger partial charge in [-0.3, -0.25) is 14.4 Å². The van der Waals surface area contributed by atoms with Gasteiger partial charge in [0, 0.05) is 33.1 Å². The molecule has 0 spiro atoms. The van der Waals surface area contributed by atoms with Crippen LogP contribution in [0.25, 0.3) is 0 Å². The van der Waals surface area contributed by atoms with Gasteiger partial charge in [0.2, 0.25) is 5.91 Å². The molecule has 1 N–H and O–H groups in total. The van der Waals surface area contributed by atoms with Crippen molar-refractivity contribution in [3.63, 3.8) is 0 Å². The van der Waals surface area contributed by atoms with Crippen molar-refractivity contribution in [2.75, 3.05) is 6.54 Å². The number of nitrogens with one attached hydrogen (secondary N) is 1. The molecule has 0 bridgehead atoms. The summed E-state index contributed by atoms with van der Waals surface area (Å²) in [6, 6.07) is -1.76. The second-order valence-corrected chi connectivity index (χ2v) is 5.31. The minimum Gasteiger partial charge on any atom is -0.352 e. The Morgan fingerprint density at radius 2 is 2.19 bits per heavy atom. The monoisotopic (exact) mass is 305 g/mol. The zero-order valence-electron chi connectivity index (χ0n) is 11.9. The van der Waals surface area contributed by atoms with Gasteiger partial charge in [-0.1, -0.05) is 5.21 Å². The first-order valence-electron chi connectivity index (χ1n) is 6.69. The number of hydrogen-bond donors (Lipinski definition) is 1. The zero-order chi connectivity index (χ0) is 15.6. The molecular formula is C12H18F3N5O. The Morgan fingerprint density at radius 1 is 1.48 bits per heavy atom. The van der Waals surface area contributed by atoms with Crippen LogP contribution in [0.1, 0.15) is 25.5 Å². The molecule has 2 rings (SSSR count). The number of carbonyl (C=O) groups is 1. The van der Waals surface area contributed by atoms with Crippen molar-refractivity contribution in [1.82, 2.24) is 25.2 Å². The van der Waals surface area contributed by atoms with E-state index in [9.17, 15) is 18.0 Å². The van der Waals surface area contributed by atoms with Crippen LogP contribution in [0.2, 0.25) is 0 Å². The summed E-state index contributed by atoms with van der Waals surface area (Å²) >= 11 is 0. The van der Waals surface area contributed by atoms with Gasteiger partial charge < -0.3 is 5.32 Å². The number of piperidine rings is 1. The van der Waals surface area contributed by atoms with Crippen molar-refractivity contribution in [2.45, 2.75) is 44.6 Å². The van der Waals surface area contributed by atoms with E-state index in [1.165, 1.54) is 22.7 Å². The summed E-state index contributed by atoms with van der Waals surface area (Å²) in [7, 11) is 1.64. The average molecular weight is 305 g/mol. The molecule has 0 aliphatic carbocycles. The topological polar surface area (TPSA) is 63.1 Å². The lowest BCUT2D eigenvalue weighted by Gasteiger charge is -2.40. The molecule has 0 radical (unpaired) electrons. The Bertz CT molecular complexity index is 501. The maximum Gasteiger partial charge on any atom is 0.404 e. The first-order chi connectivity index (χ1) is 9.77. The van der Waals surface area contributed by atoms with Crippen molar-refractivity contribution in [1.29, 1.82) is 0 Å². The van der Waals surface area contributed by atoms with Crippen LogP contribution >= 0.6 is 0 Å². The van der Waals surface area contributed by atoms with Crippen LogP contribution in [0.15, 0.2) is 6.20 Å². The fraction of sp³-hybridized carbons (Fsp3) is 0.750. The molecule has 1 saturated heterocycles. The largest absolute Gasteiger partial charge is 0.404 e. The molecule has 6 nitrogen and oxygen atoms in total. The van der Waals surface area contributed by atoms with Crippen molar-refractivity contribution in [2.24, 2.45) is 7.05 Å². The Kier molecular flexibility index (Phi) is 4.50. The number of alkyl halides is 3. The molecule has 0 aromatic carbocycles. The molecular weight excluding hydrogens is 287 g/mol. The molecule has 1 fully saturated rings. The molecule has 2 unspecified atom stereocenters. The molecule has 118 valence electrons. The van der Waals surface area contributed by atoms with E-state index in [1.54, 1.807) is 7.05 Å². The summed E-state index contributed by atoms with van der Waals surface area (Å²) < 4.78 is 40.9. The standard InChI is InChI=1S/C12H18F3N5O/c1-8(21)17-9-3-4-11(12(13,14)15)20(6-9)7-10-5-16-18-19(10)2/h5,9,11H,3-4,6-7H2,1-2H3,(H,17,21). The number of aryl methyl sites for hydroxylation is 1. The SMILES string of the molecule is CC(=O)NC1CCC(C(F)(F)F)N(Cc2cnnn2C)C1. The molecule has 0 saturated carbocycles. The molecule has 2 heterocycles. The van der Waals surface area contributed by atoms with Gasteiger partial charge >= 0.3 is 6.18 Å². The average Bonchev–Trinajstić information content (AvgIpc) is 2.73. The highest BCUT2D eigenvalue weighted by Crippen LogP contribution is 2.32. The first kappa shape index (κ1) is 15.7. The molecule has 1 amide bonds. The van der Waals surface area contributed by atoms with Gasteiger partial charge in [0.05, 0.1) is 11.9 Å². The summed E-state index contributed by atoms with van der Waals surface area (Å²) in [6.45, 7) is 1.63. The summed E-state index contributed by atoms with van der Waals surface area (Å²) in [5, 5.41) is 10.1. The van der Waals surface area contributed by atoms with E-state index in [0.29, 0.717) is 12.1 Å². The maximum absolute atomic E-state index is 13.1. The minimum atomic E-state index is -4.28. The van der Waals surface area contributed by atoms with E-state index < -0.39 is 12.2 Å². The van der Waals surface area contributed by atoms with Gasteiger partial charge in [0.25, 0.3) is 0 Å². The Labute approximate surface area is 120 Å². The highest BCUT2D eigenvalue weighted by molar-refractivity contribution is 5.73. The van der Waals surface area contributed by atoms with Gasteiger partial charge in [-0.15, -0.1) is 5.10 Å². The zero-order valence-corrected chi connectivity index (χ0v) is 11.9. The fourth-order valence-electron chi connectivity index (χ4n) is 2.66. The van der Waals surface area contributed by atoms with Crippen molar-refractivity contribution in [3.8, 4) is 0 Å².